The van der Waals surface area contributed by atoms with Crippen molar-refractivity contribution in [3.05, 3.63) is 28.1 Å². The van der Waals surface area contributed by atoms with Gasteiger partial charge >= 0.3 is 0 Å². The lowest BCUT2D eigenvalue weighted by Crippen LogP contribution is -2.14. The number of nitrogen functional groups attached to an aromatic ring is 1. The molecule has 0 aliphatic rings. The van der Waals surface area contributed by atoms with Crippen LogP contribution < -0.4 is 11.1 Å². The minimum absolute atomic E-state index is 0.420. The normalized spacial score (nSPS) is 12.6. The SMILES string of the molecule is CCc1nn(C)c(NCC(O)c2ccsc2)c1N. The summed E-state index contributed by atoms with van der Waals surface area (Å²) in [5.74, 6) is 0.765. The van der Waals surface area contributed by atoms with E-state index < -0.39 is 6.10 Å². The van der Waals surface area contributed by atoms with E-state index >= 15 is 0 Å². The molecule has 0 spiro atoms. The van der Waals surface area contributed by atoms with Gasteiger partial charge in [-0.05, 0) is 28.8 Å². The van der Waals surface area contributed by atoms with Crippen LogP contribution in [0.5, 0.6) is 0 Å². The Labute approximate surface area is 110 Å². The second kappa shape index (κ2) is 5.41. The van der Waals surface area contributed by atoms with Crippen molar-refractivity contribution in [1.82, 2.24) is 9.78 Å². The molecule has 0 aliphatic carbocycles. The van der Waals surface area contributed by atoms with Crippen molar-refractivity contribution in [2.75, 3.05) is 17.6 Å². The van der Waals surface area contributed by atoms with Crippen molar-refractivity contribution >= 4 is 22.8 Å². The number of thiophene rings is 1. The first-order chi connectivity index (χ1) is 8.63. The third-order valence-corrected chi connectivity index (χ3v) is 3.59. The van der Waals surface area contributed by atoms with Crippen LogP contribution in [0.4, 0.5) is 11.5 Å². The molecule has 98 valence electrons. The predicted molar refractivity (Wildman–Crippen MR) is 74.8 cm³/mol. The second-order valence-corrected chi connectivity index (χ2v) is 4.92. The molecule has 5 nitrogen and oxygen atoms in total. The first-order valence-corrected chi connectivity index (χ1v) is 6.83. The molecule has 0 fully saturated rings. The average Bonchev–Trinajstić information content (AvgIpc) is 2.96. The Morgan fingerprint density at radius 3 is 2.94 bits per heavy atom. The molecule has 1 atom stereocenters. The van der Waals surface area contributed by atoms with E-state index in [0.717, 1.165) is 23.5 Å². The summed E-state index contributed by atoms with van der Waals surface area (Å²) in [6.45, 7) is 2.44. The van der Waals surface area contributed by atoms with Crippen LogP contribution in [-0.2, 0) is 13.5 Å². The maximum Gasteiger partial charge on any atom is 0.147 e. The average molecular weight is 266 g/mol. The van der Waals surface area contributed by atoms with Gasteiger partial charge in [-0.2, -0.15) is 16.4 Å². The number of nitrogens with one attached hydrogen (secondary N) is 1. The molecule has 2 aromatic rings. The number of aryl methyl sites for hydroxylation is 2. The molecule has 0 aromatic carbocycles. The van der Waals surface area contributed by atoms with Crippen LogP contribution in [0.15, 0.2) is 16.8 Å². The van der Waals surface area contributed by atoms with Crippen LogP contribution in [0.3, 0.4) is 0 Å². The minimum atomic E-state index is -0.532. The van der Waals surface area contributed by atoms with Gasteiger partial charge in [-0.3, -0.25) is 4.68 Å². The lowest BCUT2D eigenvalue weighted by Gasteiger charge is -2.12. The van der Waals surface area contributed by atoms with E-state index in [1.165, 1.54) is 0 Å². The van der Waals surface area contributed by atoms with Crippen LogP contribution in [-0.4, -0.2) is 21.4 Å². The van der Waals surface area contributed by atoms with E-state index in [2.05, 4.69) is 10.4 Å². The molecule has 4 N–H and O–H groups in total. The number of hydrogen-bond donors (Lipinski definition) is 3. The molecule has 1 unspecified atom stereocenters. The number of nitrogens with zero attached hydrogens (tertiary/aromatic N) is 2. The van der Waals surface area contributed by atoms with E-state index in [-0.39, 0.29) is 0 Å². The molecule has 0 radical (unpaired) electrons. The summed E-state index contributed by atoms with van der Waals surface area (Å²) in [5, 5.41) is 21.4. The van der Waals surface area contributed by atoms with Gasteiger partial charge in [0, 0.05) is 13.6 Å². The summed E-state index contributed by atoms with van der Waals surface area (Å²) in [7, 11) is 1.84. The number of hydrogen-bond acceptors (Lipinski definition) is 5. The summed E-state index contributed by atoms with van der Waals surface area (Å²) in [6.07, 6.45) is 0.268. The smallest absolute Gasteiger partial charge is 0.147 e. The van der Waals surface area contributed by atoms with Crippen LogP contribution in [0.25, 0.3) is 0 Å². The molecular weight excluding hydrogens is 248 g/mol. The highest BCUT2D eigenvalue weighted by atomic mass is 32.1. The molecule has 2 aromatic heterocycles. The summed E-state index contributed by atoms with van der Waals surface area (Å²) >= 11 is 1.57. The van der Waals surface area contributed by atoms with E-state index in [4.69, 9.17) is 5.73 Å². The first kappa shape index (κ1) is 12.9. The number of rotatable bonds is 5. The lowest BCUT2D eigenvalue weighted by molar-refractivity contribution is 0.192. The second-order valence-electron chi connectivity index (χ2n) is 4.14. The number of aliphatic hydroxyl groups is 1. The van der Waals surface area contributed by atoms with E-state index in [0.29, 0.717) is 12.2 Å². The topological polar surface area (TPSA) is 76.1 Å². The largest absolute Gasteiger partial charge is 0.394 e. The quantitative estimate of drug-likeness (QED) is 0.771. The Balaban J connectivity index is 2.04. The molecule has 0 saturated carbocycles. The molecule has 6 heteroatoms. The number of aliphatic hydroxyl groups excluding tert-OH is 1. The summed E-state index contributed by atoms with van der Waals surface area (Å²) < 4.78 is 1.72. The first-order valence-electron chi connectivity index (χ1n) is 5.88. The standard InChI is InChI=1S/C12H18N4OS/c1-3-9-11(13)12(16(2)15-9)14-6-10(17)8-4-5-18-7-8/h4-5,7,10,14,17H,3,6,13H2,1-2H3. The molecule has 0 aliphatic heterocycles. The van der Waals surface area contributed by atoms with Gasteiger partial charge in [0.15, 0.2) is 0 Å². The maximum atomic E-state index is 9.99. The van der Waals surface area contributed by atoms with Gasteiger partial charge in [-0.25, -0.2) is 0 Å². The van der Waals surface area contributed by atoms with Gasteiger partial charge in [0.2, 0.25) is 0 Å². The molecule has 2 rings (SSSR count). The molecule has 0 amide bonds. The highest BCUT2D eigenvalue weighted by molar-refractivity contribution is 7.07. The van der Waals surface area contributed by atoms with Gasteiger partial charge in [-0.1, -0.05) is 6.92 Å². The van der Waals surface area contributed by atoms with Crippen molar-refractivity contribution in [2.45, 2.75) is 19.4 Å². The van der Waals surface area contributed by atoms with Crippen molar-refractivity contribution in [3.63, 3.8) is 0 Å². The third kappa shape index (κ3) is 2.49. The fourth-order valence-electron chi connectivity index (χ4n) is 1.84. The third-order valence-electron chi connectivity index (χ3n) is 2.89. The summed E-state index contributed by atoms with van der Waals surface area (Å²) in [6, 6.07) is 1.92. The van der Waals surface area contributed by atoms with Gasteiger partial charge in [0.05, 0.1) is 17.5 Å². The fourth-order valence-corrected chi connectivity index (χ4v) is 2.55. The van der Waals surface area contributed by atoms with Gasteiger partial charge in [-0.15, -0.1) is 0 Å². The molecular formula is C12H18N4OS. The van der Waals surface area contributed by atoms with Crippen LogP contribution >= 0.6 is 11.3 Å². The number of anilines is 2. The molecule has 0 bridgehead atoms. The summed E-state index contributed by atoms with van der Waals surface area (Å²) in [5.41, 5.74) is 8.46. The van der Waals surface area contributed by atoms with E-state index in [1.807, 2.05) is 30.8 Å². The zero-order valence-electron chi connectivity index (χ0n) is 10.6. The zero-order chi connectivity index (χ0) is 13.1. The Hall–Kier alpha value is -1.53. The van der Waals surface area contributed by atoms with E-state index in [1.54, 1.807) is 16.0 Å². The predicted octanol–water partition coefficient (Wildman–Crippen LogP) is 1.77. The van der Waals surface area contributed by atoms with Gasteiger partial charge in [0.25, 0.3) is 0 Å². The number of nitrogens with two attached hydrogens (primary N) is 1. The molecule has 0 saturated heterocycles. The van der Waals surface area contributed by atoms with Gasteiger partial charge in [0.1, 0.15) is 5.82 Å². The van der Waals surface area contributed by atoms with Gasteiger partial charge < -0.3 is 16.2 Å². The highest BCUT2D eigenvalue weighted by Gasteiger charge is 2.14. The van der Waals surface area contributed by atoms with Crippen molar-refractivity contribution < 1.29 is 5.11 Å². The monoisotopic (exact) mass is 266 g/mol. The van der Waals surface area contributed by atoms with Crippen molar-refractivity contribution in [2.24, 2.45) is 7.05 Å². The van der Waals surface area contributed by atoms with Crippen molar-refractivity contribution in [3.8, 4) is 0 Å². The Bertz CT molecular complexity index is 506. The number of aromatic nitrogens is 2. The zero-order valence-corrected chi connectivity index (χ0v) is 11.4. The van der Waals surface area contributed by atoms with Crippen LogP contribution in [0.1, 0.15) is 24.3 Å². The maximum absolute atomic E-state index is 9.99. The Morgan fingerprint density at radius 1 is 1.61 bits per heavy atom. The van der Waals surface area contributed by atoms with Crippen molar-refractivity contribution in [1.29, 1.82) is 0 Å². The Kier molecular flexibility index (Phi) is 3.88. The Morgan fingerprint density at radius 2 is 2.39 bits per heavy atom. The fraction of sp³-hybridized carbons (Fsp3) is 0.417. The highest BCUT2D eigenvalue weighted by Crippen LogP contribution is 2.23. The summed E-state index contributed by atoms with van der Waals surface area (Å²) in [4.78, 5) is 0. The lowest BCUT2D eigenvalue weighted by atomic mass is 10.2. The van der Waals surface area contributed by atoms with E-state index in [9.17, 15) is 5.11 Å². The minimum Gasteiger partial charge on any atom is -0.394 e. The van der Waals surface area contributed by atoms with Crippen LogP contribution in [0.2, 0.25) is 0 Å². The molecule has 2 heterocycles. The molecule has 18 heavy (non-hydrogen) atoms. The van der Waals surface area contributed by atoms with Crippen LogP contribution in [0, 0.1) is 0 Å².